The Labute approximate surface area is 163 Å². The molecule has 6 N–H and O–H groups in total. The molecule has 0 saturated heterocycles. The van der Waals surface area contributed by atoms with Crippen molar-refractivity contribution in [3.8, 4) is 0 Å². The lowest BCUT2D eigenvalue weighted by molar-refractivity contribution is -0.117. The van der Waals surface area contributed by atoms with Crippen molar-refractivity contribution in [2.75, 3.05) is 29.0 Å². The highest BCUT2D eigenvalue weighted by atomic mass is 16.2. The number of carbonyl (C=O) groups is 1. The number of fused-ring (bicyclic) bond motifs is 2. The van der Waals surface area contributed by atoms with E-state index in [4.69, 9.17) is 5.73 Å². The fourth-order valence-corrected chi connectivity index (χ4v) is 3.54. The monoisotopic (exact) mass is 379 g/mol. The molecule has 0 bridgehead atoms. The van der Waals surface area contributed by atoms with Crippen molar-refractivity contribution in [1.29, 1.82) is 0 Å². The Kier molecular flexibility index (Phi) is 5.38. The Hall–Kier alpha value is -3.13. The summed E-state index contributed by atoms with van der Waals surface area (Å²) in [5, 5.41) is 10.7. The number of nitrogens with two attached hydrogens (primary N) is 1. The molecule has 1 aliphatic heterocycles. The quantitative estimate of drug-likeness (QED) is 0.384. The normalized spacial score (nSPS) is 15.8. The SMILES string of the molecule is NCCCC[C@H]1Nc2ncnc(NCCc3c[nH]c4ccccc34)c2NC1=O. The zero-order chi connectivity index (χ0) is 19.3. The molecule has 1 aliphatic rings. The lowest BCUT2D eigenvalue weighted by Crippen LogP contribution is -2.39. The number of hydrogen-bond acceptors (Lipinski definition) is 6. The zero-order valence-corrected chi connectivity index (χ0v) is 15.7. The average Bonchev–Trinajstić information content (AvgIpc) is 3.12. The van der Waals surface area contributed by atoms with Gasteiger partial charge < -0.3 is 26.7 Å². The van der Waals surface area contributed by atoms with Gasteiger partial charge in [0.2, 0.25) is 5.91 Å². The van der Waals surface area contributed by atoms with E-state index in [0.29, 0.717) is 30.4 Å². The first-order valence-electron chi connectivity index (χ1n) is 9.67. The highest BCUT2D eigenvalue weighted by molar-refractivity contribution is 6.04. The van der Waals surface area contributed by atoms with Crippen molar-refractivity contribution in [2.45, 2.75) is 31.7 Å². The van der Waals surface area contributed by atoms with Crippen LogP contribution in [-0.2, 0) is 11.2 Å². The Morgan fingerprint density at radius 3 is 2.96 bits per heavy atom. The number of hydrogen-bond donors (Lipinski definition) is 5. The van der Waals surface area contributed by atoms with E-state index in [-0.39, 0.29) is 11.9 Å². The summed E-state index contributed by atoms with van der Waals surface area (Å²) in [6.07, 6.45) is 6.92. The predicted octanol–water partition coefficient (Wildman–Crippen LogP) is 2.47. The van der Waals surface area contributed by atoms with E-state index in [0.717, 1.165) is 31.2 Å². The molecule has 0 spiro atoms. The maximum Gasteiger partial charge on any atom is 0.247 e. The number of nitrogens with zero attached hydrogens (tertiary/aromatic N) is 2. The van der Waals surface area contributed by atoms with Crippen molar-refractivity contribution >= 4 is 34.1 Å². The maximum absolute atomic E-state index is 12.4. The van der Waals surface area contributed by atoms with E-state index in [2.05, 4.69) is 43.0 Å². The standard InChI is InChI=1S/C20H25N7O/c21-9-4-3-7-16-20(28)27-17-18(24-12-25-19(17)26-16)22-10-8-13-11-23-15-6-2-1-5-14(13)15/h1-2,5-6,11-12,16,23H,3-4,7-10,21H2,(H,27,28)(H2,22,24,25,26)/t16-/m1/s1. The van der Waals surface area contributed by atoms with Gasteiger partial charge in [-0.1, -0.05) is 18.2 Å². The van der Waals surface area contributed by atoms with Crippen LogP contribution in [0.4, 0.5) is 17.3 Å². The number of H-pyrrole nitrogens is 1. The van der Waals surface area contributed by atoms with Gasteiger partial charge in [0, 0.05) is 23.6 Å². The molecule has 0 aliphatic carbocycles. The lowest BCUT2D eigenvalue weighted by Gasteiger charge is -2.27. The molecule has 0 saturated carbocycles. The Morgan fingerprint density at radius 2 is 2.07 bits per heavy atom. The predicted molar refractivity (Wildman–Crippen MR) is 111 cm³/mol. The summed E-state index contributed by atoms with van der Waals surface area (Å²) in [6, 6.07) is 7.96. The van der Waals surface area contributed by atoms with Crippen molar-refractivity contribution in [2.24, 2.45) is 5.73 Å². The third-order valence-electron chi connectivity index (χ3n) is 5.03. The summed E-state index contributed by atoms with van der Waals surface area (Å²) in [5.74, 6) is 1.23. The number of amides is 1. The molecule has 3 heterocycles. The molecule has 0 fully saturated rings. The molecule has 2 aromatic heterocycles. The number of rotatable bonds is 8. The van der Waals surface area contributed by atoms with Crippen LogP contribution in [-0.4, -0.2) is 40.0 Å². The number of benzene rings is 1. The van der Waals surface area contributed by atoms with E-state index >= 15 is 0 Å². The van der Waals surface area contributed by atoms with Crippen LogP contribution >= 0.6 is 0 Å². The fraction of sp³-hybridized carbons (Fsp3) is 0.350. The van der Waals surface area contributed by atoms with Gasteiger partial charge in [0.05, 0.1) is 0 Å². The van der Waals surface area contributed by atoms with Crippen molar-refractivity contribution in [3.05, 3.63) is 42.4 Å². The third-order valence-corrected chi connectivity index (χ3v) is 5.03. The van der Waals surface area contributed by atoms with Crippen LogP contribution in [0.1, 0.15) is 24.8 Å². The van der Waals surface area contributed by atoms with Crippen LogP contribution in [0, 0.1) is 0 Å². The van der Waals surface area contributed by atoms with Crippen molar-refractivity contribution < 1.29 is 4.79 Å². The zero-order valence-electron chi connectivity index (χ0n) is 15.7. The highest BCUT2D eigenvalue weighted by Crippen LogP contribution is 2.31. The van der Waals surface area contributed by atoms with E-state index in [9.17, 15) is 4.79 Å². The second kappa shape index (κ2) is 8.26. The van der Waals surface area contributed by atoms with Gasteiger partial charge in [0.1, 0.15) is 18.1 Å². The van der Waals surface area contributed by atoms with Gasteiger partial charge in [-0.3, -0.25) is 4.79 Å². The molecule has 0 radical (unpaired) electrons. The molecule has 1 aromatic carbocycles. The molecule has 4 rings (SSSR count). The molecule has 28 heavy (non-hydrogen) atoms. The second-order valence-electron chi connectivity index (χ2n) is 6.95. The van der Waals surface area contributed by atoms with Crippen LogP contribution in [0.3, 0.4) is 0 Å². The number of aromatic amines is 1. The Balaban J connectivity index is 1.41. The molecule has 0 unspecified atom stereocenters. The molecule has 146 valence electrons. The van der Waals surface area contributed by atoms with Crippen molar-refractivity contribution in [1.82, 2.24) is 15.0 Å². The first kappa shape index (κ1) is 18.2. The van der Waals surface area contributed by atoms with Gasteiger partial charge in [-0.05, 0) is 43.9 Å². The first-order valence-corrected chi connectivity index (χ1v) is 9.67. The van der Waals surface area contributed by atoms with Gasteiger partial charge in [0.15, 0.2) is 11.6 Å². The second-order valence-corrected chi connectivity index (χ2v) is 6.95. The summed E-state index contributed by atoms with van der Waals surface area (Å²) in [6.45, 7) is 1.33. The molecule has 8 nitrogen and oxygen atoms in total. The molecular formula is C20H25N7O. The minimum atomic E-state index is -0.284. The average molecular weight is 379 g/mol. The van der Waals surface area contributed by atoms with E-state index < -0.39 is 0 Å². The summed E-state index contributed by atoms with van der Waals surface area (Å²) in [4.78, 5) is 24.3. The number of anilines is 3. The number of nitrogens with one attached hydrogen (secondary N) is 4. The Morgan fingerprint density at radius 1 is 1.18 bits per heavy atom. The summed E-state index contributed by atoms with van der Waals surface area (Å²) in [7, 11) is 0. The number of unbranched alkanes of at least 4 members (excludes halogenated alkanes) is 1. The van der Waals surface area contributed by atoms with Crippen molar-refractivity contribution in [3.63, 3.8) is 0 Å². The molecule has 8 heteroatoms. The topological polar surface area (TPSA) is 121 Å². The van der Waals surface area contributed by atoms with Crippen LogP contribution < -0.4 is 21.7 Å². The number of para-hydroxylation sites is 1. The molecule has 3 aromatic rings. The van der Waals surface area contributed by atoms with E-state index in [1.807, 2.05) is 18.3 Å². The van der Waals surface area contributed by atoms with Crippen LogP contribution in [0.5, 0.6) is 0 Å². The molecular weight excluding hydrogens is 354 g/mol. The van der Waals surface area contributed by atoms with E-state index in [1.54, 1.807) is 0 Å². The number of aromatic nitrogens is 3. The minimum Gasteiger partial charge on any atom is -0.368 e. The van der Waals surface area contributed by atoms with Gasteiger partial charge in [-0.15, -0.1) is 0 Å². The van der Waals surface area contributed by atoms with Gasteiger partial charge in [0.25, 0.3) is 0 Å². The Bertz CT molecular complexity index is 968. The summed E-state index contributed by atoms with van der Waals surface area (Å²) < 4.78 is 0. The van der Waals surface area contributed by atoms with Crippen LogP contribution in [0.2, 0.25) is 0 Å². The van der Waals surface area contributed by atoms with E-state index in [1.165, 1.54) is 17.3 Å². The molecule has 1 atom stereocenters. The van der Waals surface area contributed by atoms with Gasteiger partial charge in [-0.25, -0.2) is 9.97 Å². The smallest absolute Gasteiger partial charge is 0.247 e. The summed E-state index contributed by atoms with van der Waals surface area (Å²) >= 11 is 0. The van der Waals surface area contributed by atoms with Crippen LogP contribution in [0.25, 0.3) is 10.9 Å². The lowest BCUT2D eigenvalue weighted by atomic mass is 10.1. The number of carbonyl (C=O) groups excluding carboxylic acids is 1. The fourth-order valence-electron chi connectivity index (χ4n) is 3.54. The van der Waals surface area contributed by atoms with Gasteiger partial charge >= 0.3 is 0 Å². The van der Waals surface area contributed by atoms with Gasteiger partial charge in [-0.2, -0.15) is 0 Å². The largest absolute Gasteiger partial charge is 0.368 e. The summed E-state index contributed by atoms with van der Waals surface area (Å²) in [5.41, 5.74) is 8.53. The molecule has 1 amide bonds. The van der Waals surface area contributed by atoms with Crippen LogP contribution in [0.15, 0.2) is 36.8 Å². The third kappa shape index (κ3) is 3.77. The minimum absolute atomic E-state index is 0.0565. The first-order chi connectivity index (χ1) is 13.8. The maximum atomic E-state index is 12.4. The highest BCUT2D eigenvalue weighted by Gasteiger charge is 2.28.